The van der Waals surface area contributed by atoms with Crippen molar-refractivity contribution in [3.05, 3.63) is 0 Å². The van der Waals surface area contributed by atoms with Crippen LogP contribution >= 0.6 is 0 Å². The van der Waals surface area contributed by atoms with Gasteiger partial charge in [-0.15, -0.1) is 0 Å². The standard InChI is InChI=1S/C12H26N2O/c1-6-10(4)7-11(5)14-12(15)8-13-9(2)3/h9-11,13H,6-8H2,1-5H3,(H,14,15). The fraction of sp³-hybridized carbons (Fsp3) is 0.917. The second-order valence-corrected chi connectivity index (χ2v) is 4.75. The van der Waals surface area contributed by atoms with Crippen LogP contribution in [0.3, 0.4) is 0 Å². The van der Waals surface area contributed by atoms with Crippen LogP contribution in [0.1, 0.15) is 47.5 Å². The van der Waals surface area contributed by atoms with Crippen molar-refractivity contribution in [1.29, 1.82) is 0 Å². The predicted octanol–water partition coefficient (Wildman–Crippen LogP) is 1.93. The first-order valence-electron chi connectivity index (χ1n) is 5.98. The number of carbonyl (C=O) groups excluding carboxylic acids is 1. The molecule has 0 aromatic heterocycles. The van der Waals surface area contributed by atoms with Gasteiger partial charge in [0, 0.05) is 12.1 Å². The Labute approximate surface area is 94.0 Å². The zero-order valence-electron chi connectivity index (χ0n) is 10.8. The lowest BCUT2D eigenvalue weighted by Crippen LogP contribution is -2.41. The highest BCUT2D eigenvalue weighted by Crippen LogP contribution is 2.08. The van der Waals surface area contributed by atoms with Gasteiger partial charge < -0.3 is 10.6 Å². The Hall–Kier alpha value is -0.570. The molecule has 2 N–H and O–H groups in total. The maximum absolute atomic E-state index is 11.5. The molecular formula is C12H26N2O. The highest BCUT2D eigenvalue weighted by atomic mass is 16.1. The van der Waals surface area contributed by atoms with Crippen molar-refractivity contribution in [3.63, 3.8) is 0 Å². The summed E-state index contributed by atoms with van der Waals surface area (Å²) in [5.41, 5.74) is 0. The zero-order chi connectivity index (χ0) is 11.8. The van der Waals surface area contributed by atoms with Gasteiger partial charge in [-0.2, -0.15) is 0 Å². The summed E-state index contributed by atoms with van der Waals surface area (Å²) in [4.78, 5) is 11.5. The summed E-state index contributed by atoms with van der Waals surface area (Å²) in [7, 11) is 0. The second kappa shape index (κ2) is 7.69. The molecule has 2 unspecified atom stereocenters. The van der Waals surface area contributed by atoms with Gasteiger partial charge in [-0.05, 0) is 19.3 Å². The molecule has 0 aromatic carbocycles. The minimum atomic E-state index is 0.0968. The van der Waals surface area contributed by atoms with E-state index >= 15 is 0 Å². The molecule has 2 atom stereocenters. The molecule has 90 valence electrons. The second-order valence-electron chi connectivity index (χ2n) is 4.75. The van der Waals surface area contributed by atoms with Crippen molar-refractivity contribution in [3.8, 4) is 0 Å². The van der Waals surface area contributed by atoms with E-state index in [1.54, 1.807) is 0 Å². The molecule has 0 rings (SSSR count). The van der Waals surface area contributed by atoms with Crippen molar-refractivity contribution in [2.24, 2.45) is 5.92 Å². The zero-order valence-corrected chi connectivity index (χ0v) is 10.8. The Bertz CT molecular complexity index is 180. The van der Waals surface area contributed by atoms with E-state index in [0.717, 1.165) is 6.42 Å². The topological polar surface area (TPSA) is 41.1 Å². The Morgan fingerprint density at radius 2 is 1.80 bits per heavy atom. The Balaban J connectivity index is 3.66. The van der Waals surface area contributed by atoms with Gasteiger partial charge in [0.2, 0.25) is 5.91 Å². The van der Waals surface area contributed by atoms with Gasteiger partial charge in [-0.25, -0.2) is 0 Å². The van der Waals surface area contributed by atoms with Crippen LogP contribution in [0.2, 0.25) is 0 Å². The molecule has 0 spiro atoms. The summed E-state index contributed by atoms with van der Waals surface area (Å²) in [5, 5.41) is 6.10. The molecule has 3 heteroatoms. The van der Waals surface area contributed by atoms with E-state index in [0.29, 0.717) is 18.5 Å². The van der Waals surface area contributed by atoms with E-state index in [4.69, 9.17) is 0 Å². The average molecular weight is 214 g/mol. The maximum Gasteiger partial charge on any atom is 0.234 e. The van der Waals surface area contributed by atoms with Crippen LogP contribution < -0.4 is 10.6 Å². The van der Waals surface area contributed by atoms with Crippen LogP contribution in [0, 0.1) is 5.92 Å². The number of hydrogen-bond donors (Lipinski definition) is 2. The molecule has 0 heterocycles. The summed E-state index contributed by atoms with van der Waals surface area (Å²) in [6, 6.07) is 0.641. The van der Waals surface area contributed by atoms with E-state index in [1.165, 1.54) is 6.42 Å². The fourth-order valence-electron chi connectivity index (χ4n) is 1.45. The van der Waals surface area contributed by atoms with Crippen molar-refractivity contribution in [2.45, 2.75) is 59.5 Å². The van der Waals surface area contributed by atoms with Gasteiger partial charge in [0.15, 0.2) is 0 Å². The van der Waals surface area contributed by atoms with Gasteiger partial charge in [0.1, 0.15) is 0 Å². The lowest BCUT2D eigenvalue weighted by Gasteiger charge is -2.18. The lowest BCUT2D eigenvalue weighted by molar-refractivity contribution is -0.121. The van der Waals surface area contributed by atoms with E-state index < -0.39 is 0 Å². The van der Waals surface area contributed by atoms with Crippen LogP contribution in [0.25, 0.3) is 0 Å². The molecule has 0 radical (unpaired) electrons. The number of carbonyl (C=O) groups is 1. The van der Waals surface area contributed by atoms with Crippen LogP contribution in [0.5, 0.6) is 0 Å². The Kier molecular flexibility index (Phi) is 7.39. The van der Waals surface area contributed by atoms with E-state index in [1.807, 2.05) is 13.8 Å². The maximum atomic E-state index is 11.5. The molecule has 0 aliphatic heterocycles. The van der Waals surface area contributed by atoms with Crippen molar-refractivity contribution >= 4 is 5.91 Å². The summed E-state index contributed by atoms with van der Waals surface area (Å²) in [6.45, 7) is 11.0. The van der Waals surface area contributed by atoms with Gasteiger partial charge in [-0.1, -0.05) is 34.1 Å². The average Bonchev–Trinajstić information content (AvgIpc) is 2.14. The lowest BCUT2D eigenvalue weighted by atomic mass is 10.0. The minimum absolute atomic E-state index is 0.0968. The van der Waals surface area contributed by atoms with Crippen LogP contribution in [-0.4, -0.2) is 24.5 Å². The van der Waals surface area contributed by atoms with Gasteiger partial charge >= 0.3 is 0 Å². The Morgan fingerprint density at radius 3 is 2.27 bits per heavy atom. The van der Waals surface area contributed by atoms with Crippen LogP contribution in [-0.2, 0) is 4.79 Å². The molecule has 0 aromatic rings. The van der Waals surface area contributed by atoms with Gasteiger partial charge in [-0.3, -0.25) is 4.79 Å². The molecule has 0 fully saturated rings. The van der Waals surface area contributed by atoms with Crippen molar-refractivity contribution in [2.75, 3.05) is 6.54 Å². The number of nitrogens with one attached hydrogen (secondary N) is 2. The molecule has 15 heavy (non-hydrogen) atoms. The molecule has 0 saturated heterocycles. The van der Waals surface area contributed by atoms with Crippen molar-refractivity contribution in [1.82, 2.24) is 10.6 Å². The smallest absolute Gasteiger partial charge is 0.234 e. The summed E-state index contributed by atoms with van der Waals surface area (Å²) in [5.74, 6) is 0.776. The summed E-state index contributed by atoms with van der Waals surface area (Å²) < 4.78 is 0. The summed E-state index contributed by atoms with van der Waals surface area (Å²) in [6.07, 6.45) is 2.23. The summed E-state index contributed by atoms with van der Waals surface area (Å²) >= 11 is 0. The SMILES string of the molecule is CCC(C)CC(C)NC(=O)CNC(C)C. The fourth-order valence-corrected chi connectivity index (χ4v) is 1.45. The largest absolute Gasteiger partial charge is 0.353 e. The van der Waals surface area contributed by atoms with E-state index in [2.05, 4.69) is 31.4 Å². The minimum Gasteiger partial charge on any atom is -0.353 e. The first-order valence-corrected chi connectivity index (χ1v) is 5.98. The third-order valence-corrected chi connectivity index (χ3v) is 2.53. The first-order chi connectivity index (χ1) is 6.95. The normalized spacial score (nSPS) is 15.1. The number of rotatable bonds is 7. The quantitative estimate of drug-likeness (QED) is 0.680. The third kappa shape index (κ3) is 8.43. The van der Waals surface area contributed by atoms with Crippen LogP contribution in [0.4, 0.5) is 0 Å². The highest BCUT2D eigenvalue weighted by Gasteiger charge is 2.10. The Morgan fingerprint density at radius 1 is 1.20 bits per heavy atom. The first kappa shape index (κ1) is 14.4. The van der Waals surface area contributed by atoms with E-state index in [-0.39, 0.29) is 11.9 Å². The molecule has 0 bridgehead atoms. The number of hydrogen-bond acceptors (Lipinski definition) is 2. The van der Waals surface area contributed by atoms with Gasteiger partial charge in [0.05, 0.1) is 6.54 Å². The number of amides is 1. The molecular weight excluding hydrogens is 188 g/mol. The van der Waals surface area contributed by atoms with Crippen molar-refractivity contribution < 1.29 is 4.79 Å². The van der Waals surface area contributed by atoms with Crippen LogP contribution in [0.15, 0.2) is 0 Å². The predicted molar refractivity (Wildman–Crippen MR) is 64.8 cm³/mol. The molecule has 1 amide bonds. The molecule has 0 saturated carbocycles. The molecule has 0 aliphatic rings. The molecule has 3 nitrogen and oxygen atoms in total. The monoisotopic (exact) mass is 214 g/mol. The van der Waals surface area contributed by atoms with E-state index in [9.17, 15) is 4.79 Å². The van der Waals surface area contributed by atoms with Gasteiger partial charge in [0.25, 0.3) is 0 Å². The highest BCUT2D eigenvalue weighted by molar-refractivity contribution is 5.78. The molecule has 0 aliphatic carbocycles. The third-order valence-electron chi connectivity index (χ3n) is 2.53.